The van der Waals surface area contributed by atoms with Gasteiger partial charge in [-0.3, -0.25) is 0 Å². The van der Waals surface area contributed by atoms with Crippen molar-refractivity contribution in [3.8, 4) is 11.3 Å². The third-order valence-electron chi connectivity index (χ3n) is 4.88. The molecule has 0 aliphatic heterocycles. The number of hydrogen-bond acceptors (Lipinski definition) is 1. The van der Waals surface area contributed by atoms with Gasteiger partial charge in [0.1, 0.15) is 16.9 Å². The molecular formula is C23H13F3O. The van der Waals surface area contributed by atoms with E-state index in [0.717, 1.165) is 16.2 Å². The highest BCUT2D eigenvalue weighted by Crippen LogP contribution is 2.45. The molecule has 0 N–H and O–H groups in total. The second kappa shape index (κ2) is 5.61. The van der Waals surface area contributed by atoms with Crippen LogP contribution in [0.25, 0.3) is 43.8 Å². The molecule has 0 radical (unpaired) electrons. The van der Waals surface area contributed by atoms with Crippen LogP contribution in [0.15, 0.2) is 83.3 Å². The van der Waals surface area contributed by atoms with Crippen molar-refractivity contribution in [1.82, 2.24) is 0 Å². The fraction of sp³-hybridized carbons (Fsp3) is 0.0435. The van der Waals surface area contributed by atoms with Crippen molar-refractivity contribution < 1.29 is 17.6 Å². The molecule has 0 aliphatic carbocycles. The lowest BCUT2D eigenvalue weighted by atomic mass is 10.0. The van der Waals surface area contributed by atoms with E-state index in [0.29, 0.717) is 10.9 Å². The molecule has 1 aromatic heterocycles. The molecule has 1 heterocycles. The smallest absolute Gasteiger partial charge is 0.420 e. The number of benzene rings is 4. The van der Waals surface area contributed by atoms with Gasteiger partial charge in [-0.15, -0.1) is 0 Å². The Bertz CT molecular complexity index is 1310. The lowest BCUT2D eigenvalue weighted by Gasteiger charge is -2.08. The van der Waals surface area contributed by atoms with E-state index in [1.807, 2.05) is 42.5 Å². The first-order chi connectivity index (χ1) is 13.0. The highest BCUT2D eigenvalue weighted by atomic mass is 19.4. The minimum atomic E-state index is -4.52. The molecule has 5 aromatic rings. The van der Waals surface area contributed by atoms with Gasteiger partial charge < -0.3 is 4.42 Å². The maximum atomic E-state index is 14.0. The standard InChI is InChI=1S/C23H13F3O/c24-23(25,26)20-19-12-11-15-6-3-4-8-18(15)22(19)27-21(20)17-10-9-14-5-1-2-7-16(14)13-17/h1-13H. The van der Waals surface area contributed by atoms with Crippen molar-refractivity contribution in [1.29, 1.82) is 0 Å². The molecule has 1 nitrogen and oxygen atoms in total. The number of halogens is 3. The van der Waals surface area contributed by atoms with Crippen LogP contribution in [-0.4, -0.2) is 0 Å². The second-order valence-corrected chi connectivity index (χ2v) is 6.53. The summed E-state index contributed by atoms with van der Waals surface area (Å²) in [5.74, 6) is -0.139. The molecule has 0 saturated carbocycles. The first-order valence-electron chi connectivity index (χ1n) is 8.53. The lowest BCUT2D eigenvalue weighted by molar-refractivity contribution is -0.136. The molecule has 4 aromatic carbocycles. The van der Waals surface area contributed by atoms with Gasteiger partial charge in [-0.05, 0) is 28.3 Å². The highest BCUT2D eigenvalue weighted by Gasteiger charge is 2.39. The minimum absolute atomic E-state index is 0.0874. The first-order valence-corrected chi connectivity index (χ1v) is 8.53. The van der Waals surface area contributed by atoms with Crippen molar-refractivity contribution in [3.63, 3.8) is 0 Å². The van der Waals surface area contributed by atoms with Crippen LogP contribution in [-0.2, 0) is 6.18 Å². The molecule has 132 valence electrons. The Hall–Kier alpha value is -3.27. The van der Waals surface area contributed by atoms with E-state index >= 15 is 0 Å². The topological polar surface area (TPSA) is 13.1 Å². The maximum absolute atomic E-state index is 14.0. The van der Waals surface area contributed by atoms with Crippen LogP contribution in [0.2, 0.25) is 0 Å². The van der Waals surface area contributed by atoms with E-state index in [9.17, 15) is 13.2 Å². The number of fused-ring (bicyclic) bond motifs is 4. The van der Waals surface area contributed by atoms with E-state index < -0.39 is 11.7 Å². The molecule has 4 heteroatoms. The molecule has 0 unspecified atom stereocenters. The average Bonchev–Trinajstić information content (AvgIpc) is 3.08. The quantitative estimate of drug-likeness (QED) is 0.302. The maximum Gasteiger partial charge on any atom is 0.420 e. The van der Waals surface area contributed by atoms with Gasteiger partial charge in [-0.1, -0.05) is 66.7 Å². The summed E-state index contributed by atoms with van der Waals surface area (Å²) in [6, 6.07) is 23.3. The first kappa shape index (κ1) is 15.9. The van der Waals surface area contributed by atoms with E-state index in [4.69, 9.17) is 4.42 Å². The number of rotatable bonds is 1. The zero-order valence-corrected chi connectivity index (χ0v) is 14.0. The van der Waals surface area contributed by atoms with Crippen LogP contribution >= 0.6 is 0 Å². The average molecular weight is 362 g/mol. The van der Waals surface area contributed by atoms with Crippen molar-refractivity contribution >= 4 is 32.5 Å². The van der Waals surface area contributed by atoms with Gasteiger partial charge in [0.15, 0.2) is 0 Å². The van der Waals surface area contributed by atoms with E-state index in [-0.39, 0.29) is 16.7 Å². The summed E-state index contributed by atoms with van der Waals surface area (Å²) in [6.07, 6.45) is -4.52. The Morgan fingerprint density at radius 2 is 1.30 bits per heavy atom. The van der Waals surface area contributed by atoms with Crippen LogP contribution in [0.4, 0.5) is 13.2 Å². The van der Waals surface area contributed by atoms with Gasteiger partial charge >= 0.3 is 6.18 Å². The SMILES string of the molecule is FC(F)(F)c1c(-c2ccc3ccccc3c2)oc2c1ccc1ccccc12. The summed E-state index contributed by atoms with van der Waals surface area (Å²) >= 11 is 0. The third-order valence-corrected chi connectivity index (χ3v) is 4.88. The zero-order chi connectivity index (χ0) is 18.6. The molecule has 0 bridgehead atoms. The Kier molecular flexibility index (Phi) is 3.31. The summed E-state index contributed by atoms with van der Waals surface area (Å²) in [6.45, 7) is 0. The Labute approximate surface area is 152 Å². The molecule has 0 aliphatic rings. The molecule has 27 heavy (non-hydrogen) atoms. The van der Waals surface area contributed by atoms with Gasteiger partial charge in [-0.25, -0.2) is 0 Å². The van der Waals surface area contributed by atoms with Gasteiger partial charge in [0.2, 0.25) is 0 Å². The van der Waals surface area contributed by atoms with Crippen LogP contribution in [0.3, 0.4) is 0 Å². The largest absolute Gasteiger partial charge is 0.455 e. The van der Waals surface area contributed by atoms with E-state index in [2.05, 4.69) is 0 Å². The van der Waals surface area contributed by atoms with Crippen LogP contribution < -0.4 is 0 Å². The van der Waals surface area contributed by atoms with E-state index in [1.165, 1.54) is 6.07 Å². The number of alkyl halides is 3. The Morgan fingerprint density at radius 3 is 2.07 bits per heavy atom. The fourth-order valence-corrected chi connectivity index (χ4v) is 3.64. The van der Waals surface area contributed by atoms with Crippen LogP contribution in [0.5, 0.6) is 0 Å². The summed E-state index contributed by atoms with van der Waals surface area (Å²) in [5, 5.41) is 3.44. The predicted octanol–water partition coefficient (Wildman–Crippen LogP) is 7.43. The predicted molar refractivity (Wildman–Crippen MR) is 102 cm³/mol. The van der Waals surface area contributed by atoms with Gasteiger partial charge in [0, 0.05) is 16.3 Å². The molecule has 0 saturated heterocycles. The fourth-order valence-electron chi connectivity index (χ4n) is 3.64. The Balaban J connectivity index is 1.88. The van der Waals surface area contributed by atoms with Crippen molar-refractivity contribution in [2.45, 2.75) is 6.18 Å². The van der Waals surface area contributed by atoms with Crippen molar-refractivity contribution in [2.75, 3.05) is 0 Å². The Morgan fingerprint density at radius 1 is 0.630 bits per heavy atom. The summed E-state index contributed by atoms with van der Waals surface area (Å²) in [5.41, 5.74) is -0.0385. The van der Waals surface area contributed by atoms with E-state index in [1.54, 1.807) is 30.3 Å². The molecular weight excluding hydrogens is 349 g/mol. The molecule has 0 atom stereocenters. The lowest BCUT2D eigenvalue weighted by Crippen LogP contribution is -2.05. The van der Waals surface area contributed by atoms with Crippen molar-refractivity contribution in [3.05, 3.63) is 84.4 Å². The van der Waals surface area contributed by atoms with Crippen LogP contribution in [0, 0.1) is 0 Å². The summed E-state index contributed by atoms with van der Waals surface area (Å²) < 4.78 is 47.7. The van der Waals surface area contributed by atoms with Gasteiger partial charge in [0.25, 0.3) is 0 Å². The number of hydrogen-bond donors (Lipinski definition) is 0. The van der Waals surface area contributed by atoms with Gasteiger partial charge in [-0.2, -0.15) is 13.2 Å². The highest BCUT2D eigenvalue weighted by molar-refractivity contribution is 6.07. The monoisotopic (exact) mass is 362 g/mol. The zero-order valence-electron chi connectivity index (χ0n) is 14.0. The molecule has 5 rings (SSSR count). The second-order valence-electron chi connectivity index (χ2n) is 6.53. The summed E-state index contributed by atoms with van der Waals surface area (Å²) in [7, 11) is 0. The molecule has 0 spiro atoms. The third kappa shape index (κ3) is 2.48. The summed E-state index contributed by atoms with van der Waals surface area (Å²) in [4.78, 5) is 0. The number of furan rings is 1. The van der Waals surface area contributed by atoms with Gasteiger partial charge in [0.05, 0.1) is 0 Å². The minimum Gasteiger partial charge on any atom is -0.455 e. The normalized spacial score (nSPS) is 12.3. The molecule has 0 amide bonds. The van der Waals surface area contributed by atoms with Crippen molar-refractivity contribution in [2.24, 2.45) is 0 Å². The van der Waals surface area contributed by atoms with Crippen LogP contribution in [0.1, 0.15) is 5.56 Å². The molecule has 0 fully saturated rings.